The maximum Gasteiger partial charge on any atom is 0.221 e. The van der Waals surface area contributed by atoms with Gasteiger partial charge >= 0.3 is 0 Å². The fraction of sp³-hybridized carbons (Fsp3) is 0.0588. The number of nitrogens with one attached hydrogen (secondary N) is 2. The number of fused-ring (bicyclic) bond motifs is 1. The second-order valence-corrected chi connectivity index (χ2v) is 5.86. The average molecular weight is 346 g/mol. The summed E-state index contributed by atoms with van der Waals surface area (Å²) in [5.74, 6) is -0.137. The molecule has 0 aliphatic rings. The summed E-state index contributed by atoms with van der Waals surface area (Å²) in [6.45, 7) is 1.46. The summed E-state index contributed by atoms with van der Waals surface area (Å²) in [6.07, 6.45) is 1.70. The molecule has 0 saturated heterocycles. The summed E-state index contributed by atoms with van der Waals surface area (Å²) in [4.78, 5) is 15.5. The Balaban J connectivity index is 2.00. The lowest BCUT2D eigenvalue weighted by Gasteiger charge is -2.13. The number of hydrogen-bond acceptors (Lipinski definition) is 3. The standard InChI is InChI=1S/C17H13Cl2N3O/c1-10(23)21-12-3-5-14(19)17(9-12)22-15-6-7-20-16-8-11(18)2-4-13(15)16/h2-9H,1H3,(H,20,22)(H,21,23). The van der Waals surface area contributed by atoms with Gasteiger partial charge in [-0.15, -0.1) is 0 Å². The number of benzene rings is 2. The molecule has 0 aliphatic carbocycles. The first-order chi connectivity index (χ1) is 11.0. The van der Waals surface area contributed by atoms with Gasteiger partial charge in [-0.3, -0.25) is 9.78 Å². The van der Waals surface area contributed by atoms with E-state index in [-0.39, 0.29) is 5.91 Å². The first-order valence-corrected chi connectivity index (χ1v) is 7.67. The summed E-state index contributed by atoms with van der Waals surface area (Å²) >= 11 is 12.3. The predicted molar refractivity (Wildman–Crippen MR) is 95.8 cm³/mol. The number of carbonyl (C=O) groups is 1. The molecule has 2 aromatic carbocycles. The first-order valence-electron chi connectivity index (χ1n) is 6.91. The lowest BCUT2D eigenvalue weighted by atomic mass is 10.1. The van der Waals surface area contributed by atoms with Gasteiger partial charge in [0.25, 0.3) is 0 Å². The van der Waals surface area contributed by atoms with Crippen molar-refractivity contribution in [1.29, 1.82) is 0 Å². The number of halogens is 2. The third-order valence-corrected chi connectivity index (χ3v) is 3.83. The van der Waals surface area contributed by atoms with Crippen LogP contribution in [0.3, 0.4) is 0 Å². The number of pyridine rings is 1. The molecule has 1 amide bonds. The molecule has 2 N–H and O–H groups in total. The molecule has 0 fully saturated rings. The smallest absolute Gasteiger partial charge is 0.221 e. The Morgan fingerprint density at radius 3 is 2.65 bits per heavy atom. The molecule has 4 nitrogen and oxygen atoms in total. The molecule has 0 saturated carbocycles. The first kappa shape index (κ1) is 15.6. The van der Waals surface area contributed by atoms with Crippen LogP contribution in [0.15, 0.2) is 48.7 Å². The predicted octanol–water partition coefficient (Wildman–Crippen LogP) is 5.24. The topological polar surface area (TPSA) is 54.0 Å². The summed E-state index contributed by atoms with van der Waals surface area (Å²) in [7, 11) is 0. The van der Waals surface area contributed by atoms with Gasteiger partial charge in [0.2, 0.25) is 5.91 Å². The minimum Gasteiger partial charge on any atom is -0.354 e. The lowest BCUT2D eigenvalue weighted by Crippen LogP contribution is -2.06. The largest absolute Gasteiger partial charge is 0.354 e. The number of nitrogens with zero attached hydrogens (tertiary/aromatic N) is 1. The van der Waals surface area contributed by atoms with E-state index in [0.29, 0.717) is 21.4 Å². The van der Waals surface area contributed by atoms with Crippen LogP contribution in [-0.4, -0.2) is 10.9 Å². The minimum absolute atomic E-state index is 0.137. The molecule has 3 rings (SSSR count). The van der Waals surface area contributed by atoms with Gasteiger partial charge in [0.15, 0.2) is 0 Å². The summed E-state index contributed by atoms with van der Waals surface area (Å²) < 4.78 is 0. The molecule has 1 aromatic heterocycles. The van der Waals surface area contributed by atoms with Crippen LogP contribution in [0.25, 0.3) is 10.9 Å². The fourth-order valence-electron chi connectivity index (χ4n) is 2.28. The highest BCUT2D eigenvalue weighted by Crippen LogP contribution is 2.32. The third kappa shape index (κ3) is 3.55. The molecule has 0 aliphatic heterocycles. The molecule has 0 spiro atoms. The molecule has 23 heavy (non-hydrogen) atoms. The zero-order valence-electron chi connectivity index (χ0n) is 12.2. The van der Waals surface area contributed by atoms with Gasteiger partial charge in [0.1, 0.15) is 0 Å². The maximum atomic E-state index is 11.2. The van der Waals surface area contributed by atoms with E-state index in [2.05, 4.69) is 15.6 Å². The van der Waals surface area contributed by atoms with Crippen LogP contribution in [0.5, 0.6) is 0 Å². The van der Waals surface area contributed by atoms with Crippen LogP contribution in [0.4, 0.5) is 17.1 Å². The van der Waals surface area contributed by atoms with Gasteiger partial charge in [-0.2, -0.15) is 0 Å². The quantitative estimate of drug-likeness (QED) is 0.682. The molecule has 1 heterocycles. The van der Waals surface area contributed by atoms with Crippen LogP contribution >= 0.6 is 23.2 Å². The van der Waals surface area contributed by atoms with Gasteiger partial charge in [-0.25, -0.2) is 0 Å². The van der Waals surface area contributed by atoms with E-state index in [1.165, 1.54) is 6.92 Å². The van der Waals surface area contributed by atoms with Crippen molar-refractivity contribution in [2.45, 2.75) is 6.92 Å². The third-order valence-electron chi connectivity index (χ3n) is 3.26. The monoisotopic (exact) mass is 345 g/mol. The van der Waals surface area contributed by atoms with Crippen molar-refractivity contribution in [2.75, 3.05) is 10.6 Å². The van der Waals surface area contributed by atoms with Crippen molar-refractivity contribution in [1.82, 2.24) is 4.98 Å². The lowest BCUT2D eigenvalue weighted by molar-refractivity contribution is -0.114. The van der Waals surface area contributed by atoms with Crippen LogP contribution < -0.4 is 10.6 Å². The highest BCUT2D eigenvalue weighted by Gasteiger charge is 2.07. The van der Waals surface area contributed by atoms with Crippen molar-refractivity contribution in [3.05, 3.63) is 58.7 Å². The van der Waals surface area contributed by atoms with Crippen molar-refractivity contribution in [3.8, 4) is 0 Å². The Morgan fingerprint density at radius 1 is 1.04 bits per heavy atom. The van der Waals surface area contributed by atoms with Gasteiger partial charge in [-0.05, 0) is 42.5 Å². The van der Waals surface area contributed by atoms with Crippen molar-refractivity contribution >= 4 is 57.1 Å². The highest BCUT2D eigenvalue weighted by atomic mass is 35.5. The number of carbonyl (C=O) groups excluding carboxylic acids is 1. The van der Waals surface area contributed by atoms with Crippen LogP contribution in [-0.2, 0) is 4.79 Å². The van der Waals surface area contributed by atoms with E-state index in [1.54, 1.807) is 30.5 Å². The molecule has 0 unspecified atom stereocenters. The van der Waals surface area contributed by atoms with E-state index in [0.717, 1.165) is 16.6 Å². The van der Waals surface area contributed by atoms with Crippen molar-refractivity contribution in [2.24, 2.45) is 0 Å². The SMILES string of the molecule is CC(=O)Nc1ccc(Cl)c(Nc2ccnc3cc(Cl)ccc23)c1. The Bertz CT molecular complexity index is 896. The van der Waals surface area contributed by atoms with Crippen molar-refractivity contribution in [3.63, 3.8) is 0 Å². The summed E-state index contributed by atoms with van der Waals surface area (Å²) in [6, 6.07) is 12.6. The minimum atomic E-state index is -0.137. The summed E-state index contributed by atoms with van der Waals surface area (Å²) in [5, 5.41) is 8.13. The number of hydrogen-bond donors (Lipinski definition) is 2. The number of anilines is 3. The van der Waals surface area contributed by atoms with Gasteiger partial charge in [0, 0.05) is 34.9 Å². The van der Waals surface area contributed by atoms with Crippen LogP contribution in [0.1, 0.15) is 6.92 Å². The van der Waals surface area contributed by atoms with E-state index < -0.39 is 0 Å². The highest BCUT2D eigenvalue weighted by molar-refractivity contribution is 6.33. The van der Waals surface area contributed by atoms with Gasteiger partial charge in [0.05, 0.1) is 16.2 Å². The van der Waals surface area contributed by atoms with Crippen LogP contribution in [0, 0.1) is 0 Å². The summed E-state index contributed by atoms with van der Waals surface area (Å²) in [5.41, 5.74) is 3.01. The normalized spacial score (nSPS) is 10.6. The average Bonchev–Trinajstić information content (AvgIpc) is 2.50. The van der Waals surface area contributed by atoms with E-state index in [4.69, 9.17) is 23.2 Å². The molecule has 0 bridgehead atoms. The molecule has 3 aromatic rings. The second-order valence-electron chi connectivity index (χ2n) is 5.02. The number of aromatic nitrogens is 1. The Kier molecular flexibility index (Phi) is 4.37. The molecular weight excluding hydrogens is 333 g/mol. The Morgan fingerprint density at radius 2 is 1.87 bits per heavy atom. The van der Waals surface area contributed by atoms with E-state index in [9.17, 15) is 4.79 Å². The van der Waals surface area contributed by atoms with Gasteiger partial charge in [-0.1, -0.05) is 23.2 Å². The Hall–Kier alpha value is -2.30. The number of rotatable bonds is 3. The Labute approximate surface area is 143 Å². The molecule has 0 atom stereocenters. The van der Waals surface area contributed by atoms with E-state index >= 15 is 0 Å². The maximum absolute atomic E-state index is 11.2. The second kappa shape index (κ2) is 6.44. The van der Waals surface area contributed by atoms with Crippen molar-refractivity contribution < 1.29 is 4.79 Å². The van der Waals surface area contributed by atoms with E-state index in [1.807, 2.05) is 18.2 Å². The number of amides is 1. The molecule has 6 heteroatoms. The van der Waals surface area contributed by atoms with Gasteiger partial charge < -0.3 is 10.6 Å². The fourth-order valence-corrected chi connectivity index (χ4v) is 2.61. The molecular formula is C17H13Cl2N3O. The van der Waals surface area contributed by atoms with Crippen LogP contribution in [0.2, 0.25) is 10.0 Å². The zero-order valence-corrected chi connectivity index (χ0v) is 13.7. The molecule has 0 radical (unpaired) electrons. The zero-order chi connectivity index (χ0) is 16.4. The molecule has 116 valence electrons.